The van der Waals surface area contributed by atoms with Crippen molar-refractivity contribution in [2.24, 2.45) is 10.7 Å². The highest BCUT2D eigenvalue weighted by atomic mass is 32.2. The highest BCUT2D eigenvalue weighted by molar-refractivity contribution is 7.92. The van der Waals surface area contributed by atoms with Gasteiger partial charge >= 0.3 is 6.18 Å². The Balaban J connectivity index is 0.000000537. The van der Waals surface area contributed by atoms with Crippen LogP contribution in [0.1, 0.15) is 30.3 Å². The van der Waals surface area contributed by atoms with Gasteiger partial charge in [0.25, 0.3) is 0 Å². The van der Waals surface area contributed by atoms with Crippen molar-refractivity contribution in [1.82, 2.24) is 0 Å². The van der Waals surface area contributed by atoms with Gasteiger partial charge in [0.2, 0.25) is 0 Å². The van der Waals surface area contributed by atoms with Crippen molar-refractivity contribution in [1.29, 1.82) is 5.26 Å². The van der Waals surface area contributed by atoms with E-state index in [1.807, 2.05) is 6.07 Å². The standard InChI is InChI=1S/C16H14FN3O2S2.C2H3F3/c1-9-16(19)20-13(8-24(9,21)22)15-12(17)6-14(23-15)11-4-2-3-10(5-11)7-18;1-2(3,4)5/h2-6,9,13H,8H2,1H3,(H2,19,20);1H3. The summed E-state index contributed by atoms with van der Waals surface area (Å²) in [7, 11) is -3.45. The van der Waals surface area contributed by atoms with Crippen molar-refractivity contribution in [3.8, 4) is 16.5 Å². The summed E-state index contributed by atoms with van der Waals surface area (Å²) in [5.41, 5.74) is 6.88. The van der Waals surface area contributed by atoms with Crippen molar-refractivity contribution in [3.63, 3.8) is 0 Å². The Hall–Kier alpha value is -2.45. The second kappa shape index (κ2) is 8.51. The number of nitrogens with zero attached hydrogens (tertiary/aromatic N) is 2. The van der Waals surface area contributed by atoms with Crippen molar-refractivity contribution in [2.75, 3.05) is 5.75 Å². The lowest BCUT2D eigenvalue weighted by molar-refractivity contribution is -0.110. The van der Waals surface area contributed by atoms with Gasteiger partial charge < -0.3 is 5.73 Å². The first-order chi connectivity index (χ1) is 13.3. The molecule has 2 heterocycles. The lowest BCUT2D eigenvalue weighted by Crippen LogP contribution is -2.40. The number of nitriles is 1. The van der Waals surface area contributed by atoms with Gasteiger partial charge in [0.05, 0.1) is 22.3 Å². The number of sulfone groups is 1. The quantitative estimate of drug-likeness (QED) is 0.698. The van der Waals surface area contributed by atoms with Crippen LogP contribution in [-0.2, 0) is 9.84 Å². The minimum Gasteiger partial charge on any atom is -0.386 e. The van der Waals surface area contributed by atoms with Gasteiger partial charge in [-0.1, -0.05) is 12.1 Å². The molecule has 1 aliphatic heterocycles. The molecular weight excluding hydrogens is 430 g/mol. The number of aliphatic imine (C=N–C) groups is 1. The highest BCUT2D eigenvalue weighted by Crippen LogP contribution is 2.38. The third-order valence-corrected chi connectivity index (χ3v) is 7.30. The molecule has 2 atom stereocenters. The largest absolute Gasteiger partial charge is 0.386 e. The Morgan fingerprint density at radius 3 is 2.48 bits per heavy atom. The molecule has 1 aromatic heterocycles. The topological polar surface area (TPSA) is 96.3 Å². The number of nitrogens with two attached hydrogens (primary N) is 1. The molecule has 2 unspecified atom stereocenters. The second-order valence-electron chi connectivity index (χ2n) is 6.34. The summed E-state index contributed by atoms with van der Waals surface area (Å²) in [5.74, 6) is -0.764. The molecule has 1 aliphatic rings. The average Bonchev–Trinajstić information content (AvgIpc) is 2.99. The third-order valence-electron chi connectivity index (χ3n) is 3.94. The van der Waals surface area contributed by atoms with Crippen LogP contribution in [0.2, 0.25) is 0 Å². The fourth-order valence-corrected chi connectivity index (χ4v) is 5.08. The molecule has 2 N–H and O–H groups in total. The van der Waals surface area contributed by atoms with Crippen LogP contribution in [0.15, 0.2) is 35.3 Å². The monoisotopic (exact) mass is 447 g/mol. The Morgan fingerprint density at radius 2 is 1.93 bits per heavy atom. The van der Waals surface area contributed by atoms with E-state index in [4.69, 9.17) is 11.0 Å². The van der Waals surface area contributed by atoms with Crippen molar-refractivity contribution in [3.05, 3.63) is 46.6 Å². The molecule has 0 radical (unpaired) electrons. The fraction of sp³-hybridized carbons (Fsp3) is 0.333. The van der Waals surface area contributed by atoms with Crippen molar-refractivity contribution in [2.45, 2.75) is 31.3 Å². The first-order valence-corrected chi connectivity index (χ1v) is 10.8. The van der Waals surface area contributed by atoms with Crippen LogP contribution in [-0.4, -0.2) is 31.4 Å². The van der Waals surface area contributed by atoms with Crippen LogP contribution >= 0.6 is 11.3 Å². The molecule has 0 amide bonds. The van der Waals surface area contributed by atoms with Gasteiger partial charge in [0.15, 0.2) is 9.84 Å². The predicted octanol–water partition coefficient (Wildman–Crippen LogP) is 4.21. The number of hydrogen-bond donors (Lipinski definition) is 1. The number of amidine groups is 1. The van der Waals surface area contributed by atoms with Gasteiger partial charge in [0, 0.05) is 11.8 Å². The smallest absolute Gasteiger partial charge is 0.386 e. The van der Waals surface area contributed by atoms with Gasteiger partial charge in [-0.25, -0.2) is 12.8 Å². The molecule has 0 saturated heterocycles. The molecule has 5 nitrogen and oxygen atoms in total. The number of rotatable bonds is 2. The summed E-state index contributed by atoms with van der Waals surface area (Å²) in [5, 5.41) is 8.12. The van der Waals surface area contributed by atoms with E-state index in [0.29, 0.717) is 16.0 Å². The Kier molecular flexibility index (Phi) is 6.70. The van der Waals surface area contributed by atoms with Gasteiger partial charge in [-0.2, -0.15) is 18.4 Å². The maximum Gasteiger partial charge on any atom is 0.386 e. The van der Waals surface area contributed by atoms with Crippen LogP contribution in [0.5, 0.6) is 0 Å². The first kappa shape index (κ1) is 22.8. The number of thiophene rings is 1. The van der Waals surface area contributed by atoms with Crippen molar-refractivity contribution >= 4 is 27.0 Å². The van der Waals surface area contributed by atoms with Crippen LogP contribution < -0.4 is 5.73 Å². The molecule has 156 valence electrons. The zero-order valence-corrected chi connectivity index (χ0v) is 17.0. The SMILES string of the molecule is CC(F)(F)F.CC1C(N)=NC(c2sc(-c3cccc(C#N)c3)cc2F)CS1(=O)=O. The molecule has 0 aliphatic carbocycles. The summed E-state index contributed by atoms with van der Waals surface area (Å²) in [6.07, 6.45) is -4.00. The lowest BCUT2D eigenvalue weighted by atomic mass is 10.1. The predicted molar refractivity (Wildman–Crippen MR) is 104 cm³/mol. The zero-order chi connectivity index (χ0) is 22.0. The van der Waals surface area contributed by atoms with E-state index in [9.17, 15) is 26.0 Å². The zero-order valence-electron chi connectivity index (χ0n) is 15.4. The van der Waals surface area contributed by atoms with Crippen LogP contribution in [0.4, 0.5) is 17.6 Å². The number of hydrogen-bond acceptors (Lipinski definition) is 6. The number of benzene rings is 1. The minimum absolute atomic E-state index is 0.00655. The molecular formula is C18H17F4N3O2S2. The minimum atomic E-state index is -4.00. The van der Waals surface area contributed by atoms with E-state index in [-0.39, 0.29) is 23.4 Å². The van der Waals surface area contributed by atoms with Gasteiger partial charge in [-0.15, -0.1) is 11.3 Å². The molecule has 0 fully saturated rings. The Bertz CT molecular complexity index is 1060. The molecule has 29 heavy (non-hydrogen) atoms. The second-order valence-corrected chi connectivity index (χ2v) is 9.79. The maximum absolute atomic E-state index is 14.4. The van der Waals surface area contributed by atoms with E-state index in [1.165, 1.54) is 13.0 Å². The molecule has 11 heteroatoms. The summed E-state index contributed by atoms with van der Waals surface area (Å²) >= 11 is 1.13. The summed E-state index contributed by atoms with van der Waals surface area (Å²) < 4.78 is 69.7. The van der Waals surface area contributed by atoms with E-state index < -0.39 is 33.1 Å². The molecule has 0 bridgehead atoms. The maximum atomic E-state index is 14.4. The molecule has 1 aromatic carbocycles. The van der Waals surface area contributed by atoms with Gasteiger partial charge in [0.1, 0.15) is 22.9 Å². The van der Waals surface area contributed by atoms with E-state index in [1.54, 1.807) is 24.3 Å². The van der Waals surface area contributed by atoms with Crippen LogP contribution in [0, 0.1) is 17.1 Å². The first-order valence-electron chi connectivity index (χ1n) is 8.23. The van der Waals surface area contributed by atoms with Crippen LogP contribution in [0.3, 0.4) is 0 Å². The molecule has 3 rings (SSSR count). The lowest BCUT2D eigenvalue weighted by Gasteiger charge is -2.23. The number of halogens is 4. The van der Waals surface area contributed by atoms with E-state index >= 15 is 0 Å². The molecule has 2 aromatic rings. The third kappa shape index (κ3) is 6.01. The molecule has 0 spiro atoms. The van der Waals surface area contributed by atoms with E-state index in [2.05, 4.69) is 4.99 Å². The van der Waals surface area contributed by atoms with Gasteiger partial charge in [-0.05, 0) is 30.7 Å². The van der Waals surface area contributed by atoms with E-state index in [0.717, 1.165) is 11.3 Å². The summed E-state index contributed by atoms with van der Waals surface area (Å²) in [6.45, 7) is 1.67. The van der Waals surface area contributed by atoms with Crippen molar-refractivity contribution < 1.29 is 26.0 Å². The summed E-state index contributed by atoms with van der Waals surface area (Å²) in [4.78, 5) is 5.02. The van der Waals surface area contributed by atoms with Gasteiger partial charge in [-0.3, -0.25) is 4.99 Å². The summed E-state index contributed by atoms with van der Waals surface area (Å²) in [6, 6.07) is 9.35. The highest BCUT2D eigenvalue weighted by Gasteiger charge is 2.35. The average molecular weight is 447 g/mol. The van der Waals surface area contributed by atoms with Crippen LogP contribution in [0.25, 0.3) is 10.4 Å². The molecule has 0 saturated carbocycles. The Morgan fingerprint density at radius 1 is 1.31 bits per heavy atom. The Labute approximate surface area is 169 Å². The normalized spacial score (nSPS) is 20.8. The number of alkyl halides is 3. The fourth-order valence-electron chi connectivity index (χ4n) is 2.50.